The Hall–Kier alpha value is -1.32. The maximum atomic E-state index is 12.2. The normalized spacial score (nSPS) is 12.7. The predicted octanol–water partition coefficient (Wildman–Crippen LogP) is 1.57. The molecule has 0 fully saturated rings. The highest BCUT2D eigenvalue weighted by atomic mass is 32.2. The standard InChI is InChI=1S/C12H17F3N2O3S/c1-17(2)21(18,19)8-7-16-9-10-5-3-4-6-11(10)20-12(13,14)15/h3-6,16H,7-9H2,1-2H3. The largest absolute Gasteiger partial charge is 0.573 e. The minimum atomic E-state index is -4.76. The summed E-state index contributed by atoms with van der Waals surface area (Å²) in [6.07, 6.45) is -4.76. The van der Waals surface area contributed by atoms with E-state index < -0.39 is 16.4 Å². The number of hydrogen-bond acceptors (Lipinski definition) is 4. The molecule has 1 aromatic rings. The monoisotopic (exact) mass is 326 g/mol. The van der Waals surface area contributed by atoms with Gasteiger partial charge in [0.2, 0.25) is 10.0 Å². The first-order valence-electron chi connectivity index (χ1n) is 6.06. The second-order valence-corrected chi connectivity index (χ2v) is 6.73. The molecule has 0 spiro atoms. The van der Waals surface area contributed by atoms with Crippen molar-refractivity contribution in [3.05, 3.63) is 29.8 Å². The fourth-order valence-electron chi connectivity index (χ4n) is 1.48. The van der Waals surface area contributed by atoms with Crippen LogP contribution in [0.15, 0.2) is 24.3 Å². The highest BCUT2D eigenvalue weighted by molar-refractivity contribution is 7.89. The summed E-state index contributed by atoms with van der Waals surface area (Å²) >= 11 is 0. The SMILES string of the molecule is CN(C)S(=O)(=O)CCNCc1ccccc1OC(F)(F)F. The average Bonchev–Trinajstić information content (AvgIpc) is 2.34. The van der Waals surface area contributed by atoms with Crippen LogP contribution in [0.2, 0.25) is 0 Å². The minimum Gasteiger partial charge on any atom is -0.405 e. The van der Waals surface area contributed by atoms with Crippen LogP contribution in [0.1, 0.15) is 5.56 Å². The quantitative estimate of drug-likeness (QED) is 0.773. The van der Waals surface area contributed by atoms with Gasteiger partial charge in [0.05, 0.1) is 5.75 Å². The second-order valence-electron chi connectivity index (χ2n) is 4.43. The number of halogens is 3. The van der Waals surface area contributed by atoms with Gasteiger partial charge < -0.3 is 10.1 Å². The lowest BCUT2D eigenvalue weighted by atomic mass is 10.2. The van der Waals surface area contributed by atoms with E-state index in [1.54, 1.807) is 6.07 Å². The smallest absolute Gasteiger partial charge is 0.405 e. The van der Waals surface area contributed by atoms with Crippen LogP contribution >= 0.6 is 0 Å². The van der Waals surface area contributed by atoms with E-state index in [9.17, 15) is 21.6 Å². The number of benzene rings is 1. The van der Waals surface area contributed by atoms with Gasteiger partial charge in [0.25, 0.3) is 0 Å². The summed E-state index contributed by atoms with van der Waals surface area (Å²) < 4.78 is 64.7. The zero-order chi connectivity index (χ0) is 16.1. The van der Waals surface area contributed by atoms with Gasteiger partial charge in [-0.05, 0) is 6.07 Å². The molecule has 9 heteroatoms. The third-order valence-corrected chi connectivity index (χ3v) is 4.44. The number of ether oxygens (including phenoxy) is 1. The molecular formula is C12H17F3N2O3S. The molecule has 120 valence electrons. The van der Waals surface area contributed by atoms with Gasteiger partial charge in [0.1, 0.15) is 5.75 Å². The van der Waals surface area contributed by atoms with Crippen LogP contribution in [0, 0.1) is 0 Å². The molecule has 0 saturated carbocycles. The fraction of sp³-hybridized carbons (Fsp3) is 0.500. The molecule has 0 aromatic heterocycles. The molecule has 0 unspecified atom stereocenters. The first-order valence-corrected chi connectivity index (χ1v) is 7.67. The molecule has 0 amide bonds. The average molecular weight is 326 g/mol. The van der Waals surface area contributed by atoms with Crippen molar-refractivity contribution in [1.82, 2.24) is 9.62 Å². The third kappa shape index (κ3) is 6.32. The molecule has 1 aromatic carbocycles. The van der Waals surface area contributed by atoms with Gasteiger partial charge in [-0.2, -0.15) is 0 Å². The molecule has 0 bridgehead atoms. The Morgan fingerprint density at radius 2 is 1.86 bits per heavy atom. The Balaban J connectivity index is 2.57. The van der Waals surface area contributed by atoms with Crippen molar-refractivity contribution in [2.24, 2.45) is 0 Å². The van der Waals surface area contributed by atoms with E-state index in [-0.39, 0.29) is 24.6 Å². The number of rotatable bonds is 7. The number of para-hydroxylation sites is 1. The van der Waals surface area contributed by atoms with Crippen molar-refractivity contribution in [3.8, 4) is 5.75 Å². The lowest BCUT2D eigenvalue weighted by molar-refractivity contribution is -0.274. The summed E-state index contributed by atoms with van der Waals surface area (Å²) in [5.74, 6) is -0.435. The van der Waals surface area contributed by atoms with Crippen LogP contribution in [0.5, 0.6) is 5.75 Å². The van der Waals surface area contributed by atoms with Crippen LogP contribution in [-0.2, 0) is 16.6 Å². The van der Waals surface area contributed by atoms with Gasteiger partial charge in [0, 0.05) is 32.7 Å². The molecule has 0 aliphatic heterocycles. The van der Waals surface area contributed by atoms with E-state index >= 15 is 0 Å². The lowest BCUT2D eigenvalue weighted by Gasteiger charge is -2.14. The molecule has 21 heavy (non-hydrogen) atoms. The van der Waals surface area contributed by atoms with Crippen LogP contribution in [0.25, 0.3) is 0 Å². The van der Waals surface area contributed by atoms with Crippen LogP contribution in [-0.4, -0.2) is 45.5 Å². The van der Waals surface area contributed by atoms with E-state index in [1.807, 2.05) is 0 Å². The van der Waals surface area contributed by atoms with Gasteiger partial charge >= 0.3 is 6.36 Å². The zero-order valence-corrected chi connectivity index (χ0v) is 12.5. The van der Waals surface area contributed by atoms with Crippen molar-refractivity contribution >= 4 is 10.0 Å². The molecule has 1 N–H and O–H groups in total. The van der Waals surface area contributed by atoms with E-state index in [4.69, 9.17) is 0 Å². The molecule has 0 radical (unpaired) electrons. The number of alkyl halides is 3. The Bertz CT molecular complexity index is 559. The molecule has 1 rings (SSSR count). The molecule has 0 aliphatic carbocycles. The first-order chi connectivity index (χ1) is 9.62. The first kappa shape index (κ1) is 17.7. The Labute approximate surface area is 121 Å². The maximum absolute atomic E-state index is 12.2. The highest BCUT2D eigenvalue weighted by Crippen LogP contribution is 2.25. The highest BCUT2D eigenvalue weighted by Gasteiger charge is 2.31. The number of nitrogens with one attached hydrogen (secondary N) is 1. The van der Waals surface area contributed by atoms with Crippen LogP contribution in [0.4, 0.5) is 13.2 Å². The number of nitrogens with zero attached hydrogens (tertiary/aromatic N) is 1. The zero-order valence-electron chi connectivity index (χ0n) is 11.6. The molecule has 0 atom stereocenters. The van der Waals surface area contributed by atoms with E-state index in [0.717, 1.165) is 4.31 Å². The van der Waals surface area contributed by atoms with Gasteiger partial charge in [-0.25, -0.2) is 12.7 Å². The summed E-state index contributed by atoms with van der Waals surface area (Å²) in [5.41, 5.74) is 0.303. The molecule has 0 aliphatic rings. The van der Waals surface area contributed by atoms with Crippen molar-refractivity contribution < 1.29 is 26.3 Å². The molecule has 5 nitrogen and oxygen atoms in total. The second kappa shape index (κ2) is 7.10. The topological polar surface area (TPSA) is 58.6 Å². The Morgan fingerprint density at radius 1 is 1.24 bits per heavy atom. The van der Waals surface area contributed by atoms with Crippen molar-refractivity contribution in [2.75, 3.05) is 26.4 Å². The van der Waals surface area contributed by atoms with E-state index in [2.05, 4.69) is 10.1 Å². The molecule has 0 heterocycles. The van der Waals surface area contributed by atoms with E-state index in [1.165, 1.54) is 32.3 Å². The Kier molecular flexibility index (Phi) is 5.99. The van der Waals surface area contributed by atoms with E-state index in [0.29, 0.717) is 5.56 Å². The van der Waals surface area contributed by atoms with Gasteiger partial charge in [-0.3, -0.25) is 0 Å². The summed E-state index contributed by atoms with van der Waals surface area (Å²) in [4.78, 5) is 0. The maximum Gasteiger partial charge on any atom is 0.573 e. The van der Waals surface area contributed by atoms with Crippen LogP contribution in [0.3, 0.4) is 0 Å². The number of sulfonamides is 1. The Morgan fingerprint density at radius 3 is 2.43 bits per heavy atom. The number of hydrogen-bond donors (Lipinski definition) is 1. The summed E-state index contributed by atoms with van der Waals surface area (Å²) in [6, 6.07) is 5.70. The summed E-state index contributed by atoms with van der Waals surface area (Å²) in [6.45, 7) is 0.204. The van der Waals surface area contributed by atoms with Gasteiger partial charge in [0.15, 0.2) is 0 Å². The van der Waals surface area contributed by atoms with Crippen molar-refractivity contribution in [1.29, 1.82) is 0 Å². The predicted molar refractivity (Wildman–Crippen MR) is 72.3 cm³/mol. The van der Waals surface area contributed by atoms with Gasteiger partial charge in [-0.15, -0.1) is 13.2 Å². The minimum absolute atomic E-state index is 0.0786. The summed E-state index contributed by atoms with van der Waals surface area (Å²) in [7, 11) is -0.495. The van der Waals surface area contributed by atoms with Crippen LogP contribution < -0.4 is 10.1 Å². The molecule has 0 saturated heterocycles. The fourth-order valence-corrected chi connectivity index (χ4v) is 2.25. The molecular weight excluding hydrogens is 309 g/mol. The third-order valence-electron chi connectivity index (χ3n) is 2.61. The lowest BCUT2D eigenvalue weighted by Crippen LogP contribution is -2.31. The summed E-state index contributed by atoms with van der Waals surface area (Å²) in [5, 5.41) is 2.79. The van der Waals surface area contributed by atoms with Crippen molar-refractivity contribution in [2.45, 2.75) is 12.9 Å². The van der Waals surface area contributed by atoms with Gasteiger partial charge in [-0.1, -0.05) is 18.2 Å². The van der Waals surface area contributed by atoms with Crippen molar-refractivity contribution in [3.63, 3.8) is 0 Å².